The minimum atomic E-state index is 0.386. The van der Waals surface area contributed by atoms with E-state index in [1.807, 2.05) is 30.9 Å². The maximum atomic E-state index is 6.07. The minimum absolute atomic E-state index is 0.386. The van der Waals surface area contributed by atoms with Gasteiger partial charge in [0.1, 0.15) is 11.3 Å². The van der Waals surface area contributed by atoms with Gasteiger partial charge in [0.2, 0.25) is 0 Å². The zero-order valence-corrected chi connectivity index (χ0v) is 13.2. The van der Waals surface area contributed by atoms with Gasteiger partial charge >= 0.3 is 0 Å². The summed E-state index contributed by atoms with van der Waals surface area (Å²) < 4.78 is 4.01. The van der Waals surface area contributed by atoms with Gasteiger partial charge in [-0.1, -0.05) is 13.0 Å². The Labute approximate surface area is 128 Å². The maximum absolute atomic E-state index is 6.07. The quantitative estimate of drug-likeness (QED) is 0.696. The first-order valence-electron chi connectivity index (χ1n) is 7.02. The summed E-state index contributed by atoms with van der Waals surface area (Å²) in [6.45, 7) is 4.78. The number of nitrogens with zero attached hydrogens (tertiary/aromatic N) is 5. The lowest BCUT2D eigenvalue weighted by molar-refractivity contribution is 0.696. The van der Waals surface area contributed by atoms with Crippen LogP contribution in [0.15, 0.2) is 18.3 Å². The van der Waals surface area contributed by atoms with Crippen LogP contribution in [-0.2, 0) is 25.9 Å². The van der Waals surface area contributed by atoms with Crippen LogP contribution in [0.25, 0.3) is 11.2 Å². The topological polar surface area (TPSA) is 48.5 Å². The van der Waals surface area contributed by atoms with E-state index in [1.165, 1.54) is 0 Å². The molecule has 110 valence electrons. The number of alkyl halides is 1. The summed E-state index contributed by atoms with van der Waals surface area (Å²) >= 11 is 6.07. The van der Waals surface area contributed by atoms with Gasteiger partial charge < -0.3 is 4.57 Å². The van der Waals surface area contributed by atoms with Crippen LogP contribution >= 0.6 is 11.6 Å². The van der Waals surface area contributed by atoms with Crippen molar-refractivity contribution in [3.05, 3.63) is 41.1 Å². The van der Waals surface area contributed by atoms with E-state index in [4.69, 9.17) is 11.6 Å². The van der Waals surface area contributed by atoms with E-state index in [0.29, 0.717) is 12.4 Å². The van der Waals surface area contributed by atoms with Crippen molar-refractivity contribution >= 4 is 22.8 Å². The Morgan fingerprint density at radius 3 is 2.71 bits per heavy atom. The highest BCUT2D eigenvalue weighted by Gasteiger charge is 2.18. The fraction of sp³-hybridized carbons (Fsp3) is 0.400. The molecule has 0 amide bonds. The first-order chi connectivity index (χ1) is 10.1. The van der Waals surface area contributed by atoms with Gasteiger partial charge in [-0.3, -0.25) is 9.67 Å². The normalized spacial score (nSPS) is 11.4. The first-order valence-corrected chi connectivity index (χ1v) is 7.56. The van der Waals surface area contributed by atoms with Crippen LogP contribution in [0.4, 0.5) is 0 Å². The van der Waals surface area contributed by atoms with Crippen molar-refractivity contribution in [2.75, 3.05) is 0 Å². The third-order valence-electron chi connectivity index (χ3n) is 3.64. The second-order valence-corrected chi connectivity index (χ2v) is 5.42. The molecule has 3 rings (SSSR count). The van der Waals surface area contributed by atoms with Crippen molar-refractivity contribution in [1.29, 1.82) is 0 Å². The van der Waals surface area contributed by atoms with Gasteiger partial charge in [0.25, 0.3) is 0 Å². The molecular formula is C15H18ClN5. The number of pyridine rings is 1. The number of fused-ring (bicyclic) bond motifs is 1. The van der Waals surface area contributed by atoms with Crippen LogP contribution in [0.2, 0.25) is 0 Å². The average Bonchev–Trinajstić information content (AvgIpc) is 2.99. The van der Waals surface area contributed by atoms with Crippen molar-refractivity contribution in [1.82, 2.24) is 24.3 Å². The molecule has 0 bridgehead atoms. The van der Waals surface area contributed by atoms with Gasteiger partial charge in [-0.2, -0.15) is 5.10 Å². The minimum Gasteiger partial charge on any atom is -0.307 e. The molecule has 0 aliphatic carbocycles. The molecule has 0 aliphatic heterocycles. The van der Waals surface area contributed by atoms with Crippen molar-refractivity contribution in [2.24, 2.45) is 7.05 Å². The SMILES string of the molecule is CCc1nn(C)c2c1nc(CCl)n2Cc1ccc(C)nc1. The van der Waals surface area contributed by atoms with Crippen molar-refractivity contribution < 1.29 is 0 Å². The lowest BCUT2D eigenvalue weighted by Crippen LogP contribution is -2.08. The van der Waals surface area contributed by atoms with E-state index in [1.54, 1.807) is 0 Å². The molecule has 0 atom stereocenters. The number of imidazole rings is 1. The molecule has 21 heavy (non-hydrogen) atoms. The number of hydrogen-bond donors (Lipinski definition) is 0. The molecule has 0 radical (unpaired) electrons. The van der Waals surface area contributed by atoms with E-state index in [2.05, 4.69) is 32.6 Å². The van der Waals surface area contributed by atoms with Crippen molar-refractivity contribution in [3.8, 4) is 0 Å². The standard InChI is InChI=1S/C15H18ClN5/c1-4-12-14-15(20(3)19-12)21(13(7-16)18-14)9-11-6-5-10(2)17-8-11/h5-6,8H,4,7,9H2,1-3H3. The fourth-order valence-corrected chi connectivity index (χ4v) is 2.77. The van der Waals surface area contributed by atoms with E-state index < -0.39 is 0 Å². The van der Waals surface area contributed by atoms with Crippen molar-refractivity contribution in [3.63, 3.8) is 0 Å². The van der Waals surface area contributed by atoms with Gasteiger partial charge in [-0.15, -0.1) is 11.6 Å². The molecule has 5 nitrogen and oxygen atoms in total. The molecule has 0 saturated carbocycles. The Hall–Kier alpha value is -1.88. The average molecular weight is 304 g/mol. The largest absolute Gasteiger partial charge is 0.307 e. The van der Waals surface area contributed by atoms with Crippen LogP contribution in [0.1, 0.15) is 29.7 Å². The maximum Gasteiger partial charge on any atom is 0.159 e. The summed E-state index contributed by atoms with van der Waals surface area (Å²) in [5.74, 6) is 1.26. The monoisotopic (exact) mass is 303 g/mol. The summed E-state index contributed by atoms with van der Waals surface area (Å²) in [6, 6.07) is 4.10. The fourth-order valence-electron chi connectivity index (χ4n) is 2.57. The van der Waals surface area contributed by atoms with Crippen molar-refractivity contribution in [2.45, 2.75) is 32.7 Å². The van der Waals surface area contributed by atoms with Crippen LogP contribution in [0.5, 0.6) is 0 Å². The van der Waals surface area contributed by atoms with Crippen LogP contribution < -0.4 is 0 Å². The molecule has 3 aromatic rings. The summed E-state index contributed by atoms with van der Waals surface area (Å²) in [6.07, 6.45) is 2.76. The van der Waals surface area contributed by atoms with E-state index in [9.17, 15) is 0 Å². The van der Waals surface area contributed by atoms with Gasteiger partial charge in [0.15, 0.2) is 5.65 Å². The Kier molecular flexibility index (Phi) is 3.68. The zero-order chi connectivity index (χ0) is 15.0. The zero-order valence-electron chi connectivity index (χ0n) is 12.5. The van der Waals surface area contributed by atoms with E-state index >= 15 is 0 Å². The van der Waals surface area contributed by atoms with Crippen LogP contribution in [-0.4, -0.2) is 24.3 Å². The summed E-state index contributed by atoms with van der Waals surface area (Å²) in [4.78, 5) is 9.01. The Morgan fingerprint density at radius 1 is 1.29 bits per heavy atom. The first kappa shape index (κ1) is 14.1. The lowest BCUT2D eigenvalue weighted by Gasteiger charge is -2.08. The number of halogens is 1. The van der Waals surface area contributed by atoms with Gasteiger partial charge in [0.05, 0.1) is 18.1 Å². The molecule has 0 aromatic carbocycles. The second kappa shape index (κ2) is 5.48. The smallest absolute Gasteiger partial charge is 0.159 e. The highest BCUT2D eigenvalue weighted by Crippen LogP contribution is 2.22. The Balaban J connectivity index is 2.11. The molecule has 0 N–H and O–H groups in total. The Bertz CT molecular complexity index is 770. The summed E-state index contributed by atoms with van der Waals surface area (Å²) in [5.41, 5.74) is 5.13. The number of rotatable bonds is 4. The molecule has 0 aliphatic rings. The van der Waals surface area contributed by atoms with Gasteiger partial charge in [0, 0.05) is 18.9 Å². The molecule has 0 saturated heterocycles. The molecule has 0 spiro atoms. The number of aryl methyl sites for hydroxylation is 3. The molecule has 6 heteroatoms. The molecular weight excluding hydrogens is 286 g/mol. The number of aromatic nitrogens is 5. The molecule has 0 unspecified atom stereocenters. The second-order valence-electron chi connectivity index (χ2n) is 5.15. The van der Waals surface area contributed by atoms with E-state index in [-0.39, 0.29) is 0 Å². The van der Waals surface area contributed by atoms with Gasteiger partial charge in [-0.05, 0) is 25.0 Å². The molecule has 3 heterocycles. The number of hydrogen-bond acceptors (Lipinski definition) is 3. The third kappa shape index (κ3) is 2.42. The highest BCUT2D eigenvalue weighted by atomic mass is 35.5. The molecule has 0 fully saturated rings. The predicted octanol–water partition coefficient (Wildman–Crippen LogP) is 2.82. The summed E-state index contributed by atoms with van der Waals surface area (Å²) in [7, 11) is 1.95. The van der Waals surface area contributed by atoms with Crippen LogP contribution in [0, 0.1) is 6.92 Å². The highest BCUT2D eigenvalue weighted by molar-refractivity contribution is 6.16. The lowest BCUT2D eigenvalue weighted by atomic mass is 10.2. The summed E-state index contributed by atoms with van der Waals surface area (Å²) in [5, 5.41) is 4.53. The van der Waals surface area contributed by atoms with Crippen LogP contribution in [0.3, 0.4) is 0 Å². The third-order valence-corrected chi connectivity index (χ3v) is 3.88. The predicted molar refractivity (Wildman–Crippen MR) is 83.5 cm³/mol. The Morgan fingerprint density at radius 2 is 2.10 bits per heavy atom. The van der Waals surface area contributed by atoms with Gasteiger partial charge in [-0.25, -0.2) is 4.98 Å². The van der Waals surface area contributed by atoms with E-state index in [0.717, 1.165) is 40.4 Å². The molecule has 3 aromatic heterocycles.